The highest BCUT2D eigenvalue weighted by atomic mass is 32.1. The van der Waals surface area contributed by atoms with Crippen LogP contribution in [0.4, 0.5) is 10.8 Å². The van der Waals surface area contributed by atoms with Crippen molar-refractivity contribution >= 4 is 33.7 Å². The second kappa shape index (κ2) is 6.61. The number of hydrogen-bond donors (Lipinski definition) is 2. The lowest BCUT2D eigenvalue weighted by Crippen LogP contribution is -2.17. The van der Waals surface area contributed by atoms with E-state index in [0.29, 0.717) is 5.56 Å². The van der Waals surface area contributed by atoms with Gasteiger partial charge in [-0.3, -0.25) is 9.20 Å². The molecule has 0 spiro atoms. The summed E-state index contributed by atoms with van der Waals surface area (Å²) in [6, 6.07) is 13.2. The molecule has 7 heteroatoms. The summed E-state index contributed by atoms with van der Waals surface area (Å²) in [6.45, 7) is 2.05. The van der Waals surface area contributed by atoms with Crippen LogP contribution >= 0.6 is 11.3 Å². The zero-order valence-corrected chi connectivity index (χ0v) is 15.2. The fourth-order valence-electron chi connectivity index (χ4n) is 2.77. The van der Waals surface area contributed by atoms with Crippen LogP contribution in [0.1, 0.15) is 15.2 Å². The van der Waals surface area contributed by atoms with Gasteiger partial charge >= 0.3 is 0 Å². The number of carbonyl (C=O) groups is 1. The second-order valence-electron chi connectivity index (χ2n) is 5.78. The van der Waals surface area contributed by atoms with Crippen LogP contribution in [-0.4, -0.2) is 27.3 Å². The van der Waals surface area contributed by atoms with Crippen LogP contribution in [0.15, 0.2) is 54.9 Å². The third-order valence-electron chi connectivity index (χ3n) is 4.08. The Hall–Kier alpha value is -3.19. The van der Waals surface area contributed by atoms with E-state index in [9.17, 15) is 4.79 Å². The minimum atomic E-state index is -0.100. The Morgan fingerprint density at radius 2 is 1.96 bits per heavy atom. The Morgan fingerprint density at radius 3 is 2.73 bits per heavy atom. The summed E-state index contributed by atoms with van der Waals surface area (Å²) in [5.74, 6) is -0.100. The molecule has 1 aromatic carbocycles. The SMILES string of the molecule is CNC(=O)c1ccc(Nc2nc(-c3cnc4ccccn34)c(C)s2)cc1. The smallest absolute Gasteiger partial charge is 0.251 e. The normalized spacial score (nSPS) is 10.8. The van der Waals surface area contributed by atoms with E-state index in [1.165, 1.54) is 0 Å². The number of carbonyl (C=O) groups excluding carboxylic acids is 1. The molecule has 3 heterocycles. The highest BCUT2D eigenvalue weighted by Crippen LogP contribution is 2.32. The number of thiazole rings is 1. The van der Waals surface area contributed by atoms with E-state index in [1.807, 2.05) is 47.1 Å². The first kappa shape index (κ1) is 16.3. The van der Waals surface area contributed by atoms with Gasteiger partial charge in [0.05, 0.1) is 11.9 Å². The molecule has 0 saturated heterocycles. The Labute approximate surface area is 154 Å². The van der Waals surface area contributed by atoms with Gasteiger partial charge in [-0.15, -0.1) is 11.3 Å². The van der Waals surface area contributed by atoms with Crippen molar-refractivity contribution in [3.63, 3.8) is 0 Å². The number of aryl methyl sites for hydroxylation is 1. The van der Waals surface area contributed by atoms with Crippen LogP contribution in [-0.2, 0) is 0 Å². The Balaban J connectivity index is 1.62. The van der Waals surface area contributed by atoms with E-state index in [-0.39, 0.29) is 5.91 Å². The third kappa shape index (κ3) is 2.93. The molecular formula is C19H17N5OS. The van der Waals surface area contributed by atoms with Crippen LogP contribution in [0.5, 0.6) is 0 Å². The summed E-state index contributed by atoms with van der Waals surface area (Å²) >= 11 is 1.59. The highest BCUT2D eigenvalue weighted by Gasteiger charge is 2.14. The fraction of sp³-hybridized carbons (Fsp3) is 0.105. The van der Waals surface area contributed by atoms with Crippen molar-refractivity contribution in [2.75, 3.05) is 12.4 Å². The first-order valence-corrected chi connectivity index (χ1v) is 8.96. The number of hydrogen-bond acceptors (Lipinski definition) is 5. The molecule has 4 rings (SSSR count). The topological polar surface area (TPSA) is 71.3 Å². The predicted octanol–water partition coefficient (Wildman–Crippen LogP) is 3.87. The van der Waals surface area contributed by atoms with Gasteiger partial charge in [0, 0.05) is 29.4 Å². The minimum absolute atomic E-state index is 0.100. The largest absolute Gasteiger partial charge is 0.355 e. The van der Waals surface area contributed by atoms with Crippen molar-refractivity contribution in [1.29, 1.82) is 0 Å². The molecule has 0 radical (unpaired) electrons. The average molecular weight is 363 g/mol. The summed E-state index contributed by atoms with van der Waals surface area (Å²) in [4.78, 5) is 21.9. The molecule has 6 nitrogen and oxygen atoms in total. The number of aromatic nitrogens is 3. The van der Waals surface area contributed by atoms with Crippen LogP contribution in [0.2, 0.25) is 0 Å². The summed E-state index contributed by atoms with van der Waals surface area (Å²) < 4.78 is 2.03. The van der Waals surface area contributed by atoms with Crippen molar-refractivity contribution in [2.45, 2.75) is 6.92 Å². The van der Waals surface area contributed by atoms with Crippen molar-refractivity contribution in [3.8, 4) is 11.4 Å². The van der Waals surface area contributed by atoms with E-state index in [1.54, 1.807) is 30.5 Å². The fourth-order valence-corrected chi connectivity index (χ4v) is 3.61. The Bertz CT molecular complexity index is 1080. The number of nitrogens with one attached hydrogen (secondary N) is 2. The van der Waals surface area contributed by atoms with E-state index in [2.05, 4.69) is 22.5 Å². The average Bonchev–Trinajstić information content (AvgIpc) is 3.24. The molecule has 0 atom stereocenters. The number of rotatable bonds is 4. The maximum Gasteiger partial charge on any atom is 0.251 e. The Morgan fingerprint density at radius 1 is 1.15 bits per heavy atom. The van der Waals surface area contributed by atoms with Gasteiger partial charge in [0.15, 0.2) is 5.13 Å². The third-order valence-corrected chi connectivity index (χ3v) is 4.97. The molecule has 0 saturated carbocycles. The number of imidazole rings is 1. The van der Waals surface area contributed by atoms with Gasteiger partial charge in [0.1, 0.15) is 11.3 Å². The van der Waals surface area contributed by atoms with Crippen molar-refractivity contribution in [3.05, 3.63) is 65.3 Å². The number of fused-ring (bicyclic) bond motifs is 1. The number of pyridine rings is 1. The van der Waals surface area contributed by atoms with Crippen molar-refractivity contribution in [1.82, 2.24) is 19.7 Å². The summed E-state index contributed by atoms with van der Waals surface area (Å²) in [5, 5.41) is 6.72. The summed E-state index contributed by atoms with van der Waals surface area (Å²) in [5.41, 5.74) is 4.29. The predicted molar refractivity (Wildman–Crippen MR) is 104 cm³/mol. The van der Waals surface area contributed by atoms with Gasteiger partial charge in [-0.25, -0.2) is 9.97 Å². The van der Waals surface area contributed by atoms with Crippen LogP contribution in [0.25, 0.3) is 17.0 Å². The molecule has 130 valence electrons. The number of nitrogens with zero attached hydrogens (tertiary/aromatic N) is 3. The molecule has 0 aliphatic carbocycles. The molecule has 2 N–H and O–H groups in total. The quantitative estimate of drug-likeness (QED) is 0.577. The number of benzene rings is 1. The van der Waals surface area contributed by atoms with Crippen LogP contribution in [0.3, 0.4) is 0 Å². The lowest BCUT2D eigenvalue weighted by Gasteiger charge is -2.04. The van der Waals surface area contributed by atoms with E-state index in [4.69, 9.17) is 4.98 Å². The van der Waals surface area contributed by atoms with E-state index in [0.717, 1.165) is 32.7 Å². The van der Waals surface area contributed by atoms with Gasteiger partial charge in [0.25, 0.3) is 5.91 Å². The van der Waals surface area contributed by atoms with Crippen molar-refractivity contribution < 1.29 is 4.79 Å². The molecule has 1 amide bonds. The van der Waals surface area contributed by atoms with E-state index < -0.39 is 0 Å². The zero-order valence-electron chi connectivity index (χ0n) is 14.4. The van der Waals surface area contributed by atoms with Crippen molar-refractivity contribution in [2.24, 2.45) is 0 Å². The first-order valence-electron chi connectivity index (χ1n) is 8.15. The lowest BCUT2D eigenvalue weighted by atomic mass is 10.2. The van der Waals surface area contributed by atoms with Gasteiger partial charge in [0.2, 0.25) is 0 Å². The summed E-state index contributed by atoms with van der Waals surface area (Å²) in [7, 11) is 1.62. The molecule has 4 aromatic rings. The molecule has 0 fully saturated rings. The lowest BCUT2D eigenvalue weighted by molar-refractivity contribution is 0.0963. The second-order valence-corrected chi connectivity index (χ2v) is 6.98. The number of amides is 1. The van der Waals surface area contributed by atoms with Gasteiger partial charge in [-0.2, -0.15) is 0 Å². The molecule has 0 bridgehead atoms. The zero-order chi connectivity index (χ0) is 18.1. The minimum Gasteiger partial charge on any atom is -0.355 e. The standard InChI is InChI=1S/C19H17N5OS/c1-12-17(15-11-21-16-5-3-4-10-24(15)16)23-19(26-12)22-14-8-6-13(7-9-14)18(25)20-2/h3-11H,1-2H3,(H,20,25)(H,22,23). The van der Waals surface area contributed by atoms with Crippen LogP contribution in [0, 0.1) is 6.92 Å². The Kier molecular flexibility index (Phi) is 4.14. The molecule has 26 heavy (non-hydrogen) atoms. The monoisotopic (exact) mass is 363 g/mol. The molecule has 3 aromatic heterocycles. The maximum absolute atomic E-state index is 11.6. The van der Waals surface area contributed by atoms with Gasteiger partial charge < -0.3 is 10.6 Å². The highest BCUT2D eigenvalue weighted by molar-refractivity contribution is 7.16. The number of anilines is 2. The molecule has 0 aliphatic heterocycles. The maximum atomic E-state index is 11.6. The molecule has 0 unspecified atom stereocenters. The first-order chi connectivity index (χ1) is 12.7. The van der Waals surface area contributed by atoms with Gasteiger partial charge in [-0.05, 0) is 43.3 Å². The van der Waals surface area contributed by atoms with Gasteiger partial charge in [-0.1, -0.05) is 6.07 Å². The summed E-state index contributed by atoms with van der Waals surface area (Å²) in [6.07, 6.45) is 3.83. The van der Waals surface area contributed by atoms with E-state index >= 15 is 0 Å². The molecular weight excluding hydrogens is 346 g/mol. The van der Waals surface area contributed by atoms with Crippen LogP contribution < -0.4 is 10.6 Å². The molecule has 0 aliphatic rings.